The Kier molecular flexibility index (Phi) is 6.00. The molecule has 144 valence electrons. The van der Waals surface area contributed by atoms with E-state index in [0.29, 0.717) is 16.5 Å². The molecule has 1 aromatic heterocycles. The second-order valence-electron chi connectivity index (χ2n) is 6.14. The van der Waals surface area contributed by atoms with Crippen LogP contribution in [0.1, 0.15) is 25.0 Å². The predicted molar refractivity (Wildman–Crippen MR) is 106 cm³/mol. The highest BCUT2D eigenvalue weighted by Crippen LogP contribution is 2.22. The molecule has 0 saturated heterocycles. The lowest BCUT2D eigenvalue weighted by Gasteiger charge is -2.15. The highest BCUT2D eigenvalue weighted by Gasteiger charge is 2.15. The Balaban J connectivity index is 1.61. The van der Waals surface area contributed by atoms with Crippen molar-refractivity contribution in [3.63, 3.8) is 0 Å². The molecule has 3 aromatic rings. The van der Waals surface area contributed by atoms with E-state index in [1.807, 2.05) is 31.2 Å². The molecule has 0 aliphatic rings. The van der Waals surface area contributed by atoms with Crippen molar-refractivity contribution in [2.45, 2.75) is 26.9 Å². The fourth-order valence-corrected chi connectivity index (χ4v) is 2.65. The van der Waals surface area contributed by atoms with Crippen molar-refractivity contribution in [2.75, 3.05) is 0 Å². The molecular formula is C19H19ClN6O2. The molecule has 0 aliphatic heterocycles. The van der Waals surface area contributed by atoms with E-state index in [1.165, 1.54) is 6.33 Å². The van der Waals surface area contributed by atoms with Gasteiger partial charge in [0.1, 0.15) is 12.1 Å². The van der Waals surface area contributed by atoms with Crippen LogP contribution in [0.4, 0.5) is 0 Å². The molecule has 8 nitrogen and oxygen atoms in total. The van der Waals surface area contributed by atoms with Crippen LogP contribution in [0.15, 0.2) is 53.9 Å². The number of benzene rings is 2. The first kappa shape index (κ1) is 19.5. The number of amides is 1. The topological polar surface area (TPSA) is 94.3 Å². The number of aryl methyl sites for hydroxylation is 1. The number of hydrazone groups is 1. The van der Waals surface area contributed by atoms with Gasteiger partial charge in [0.15, 0.2) is 6.10 Å². The number of ether oxygens (including phenoxy) is 1. The van der Waals surface area contributed by atoms with E-state index in [0.717, 1.165) is 16.8 Å². The maximum absolute atomic E-state index is 12.3. The lowest BCUT2D eigenvalue weighted by Crippen LogP contribution is -2.34. The van der Waals surface area contributed by atoms with E-state index in [1.54, 1.807) is 36.7 Å². The van der Waals surface area contributed by atoms with Crippen molar-refractivity contribution in [2.24, 2.45) is 5.10 Å². The zero-order chi connectivity index (χ0) is 20.1. The van der Waals surface area contributed by atoms with Crippen molar-refractivity contribution < 1.29 is 9.53 Å². The Morgan fingerprint density at radius 1 is 1.25 bits per heavy atom. The van der Waals surface area contributed by atoms with Crippen LogP contribution >= 0.6 is 11.6 Å². The van der Waals surface area contributed by atoms with Gasteiger partial charge < -0.3 is 4.74 Å². The second kappa shape index (κ2) is 8.62. The zero-order valence-electron chi connectivity index (χ0n) is 15.6. The van der Waals surface area contributed by atoms with Gasteiger partial charge in [-0.15, -0.1) is 5.10 Å². The minimum Gasteiger partial charge on any atom is -0.481 e. The average Bonchev–Trinajstić information content (AvgIpc) is 3.23. The third-order valence-corrected chi connectivity index (χ3v) is 4.28. The lowest BCUT2D eigenvalue weighted by molar-refractivity contribution is -0.127. The number of aromatic nitrogens is 4. The quantitative estimate of drug-likeness (QED) is 0.509. The van der Waals surface area contributed by atoms with Crippen molar-refractivity contribution in [3.8, 4) is 11.4 Å². The summed E-state index contributed by atoms with van der Waals surface area (Å²) in [5.74, 6) is 0.255. The molecule has 0 saturated carbocycles. The molecule has 0 aliphatic carbocycles. The van der Waals surface area contributed by atoms with Crippen LogP contribution in [0.25, 0.3) is 5.69 Å². The molecule has 28 heavy (non-hydrogen) atoms. The van der Waals surface area contributed by atoms with Crippen molar-refractivity contribution in [1.82, 2.24) is 25.6 Å². The number of halogens is 1. The molecule has 9 heteroatoms. The standard InChI is InChI=1S/C19H19ClN6O2/c1-12-10-16(20)6-9-18(12)28-14(3)19(27)23-22-13(2)15-4-7-17(8-5-15)26-11-21-24-25-26/h4-11,14H,1-3H3,(H,23,27)/b22-13+. The molecule has 1 N–H and O–H groups in total. The van der Waals surface area contributed by atoms with Crippen molar-refractivity contribution >= 4 is 23.2 Å². The van der Waals surface area contributed by atoms with Gasteiger partial charge >= 0.3 is 0 Å². The van der Waals surface area contributed by atoms with Crippen LogP contribution in [0.2, 0.25) is 5.02 Å². The molecule has 1 heterocycles. The Labute approximate surface area is 167 Å². The summed E-state index contributed by atoms with van der Waals surface area (Å²) in [6, 6.07) is 12.7. The first-order chi connectivity index (χ1) is 13.4. The van der Waals surface area contributed by atoms with Gasteiger partial charge in [-0.2, -0.15) is 5.10 Å². The number of hydrogen-bond acceptors (Lipinski definition) is 6. The summed E-state index contributed by atoms with van der Waals surface area (Å²) in [5.41, 5.74) is 5.73. The van der Waals surface area contributed by atoms with E-state index >= 15 is 0 Å². The second-order valence-corrected chi connectivity index (χ2v) is 6.58. The number of nitrogens with zero attached hydrogens (tertiary/aromatic N) is 5. The Morgan fingerprint density at radius 3 is 2.64 bits per heavy atom. The van der Waals surface area contributed by atoms with Crippen LogP contribution in [0, 0.1) is 6.92 Å². The van der Waals surface area contributed by atoms with Gasteiger partial charge in [0, 0.05) is 5.02 Å². The summed E-state index contributed by atoms with van der Waals surface area (Å²) >= 11 is 5.93. The maximum Gasteiger partial charge on any atom is 0.280 e. The SMILES string of the molecule is C/C(=N\NC(=O)C(C)Oc1ccc(Cl)cc1C)c1ccc(-n2cnnn2)cc1. The summed E-state index contributed by atoms with van der Waals surface area (Å²) in [6.07, 6.45) is 0.804. The predicted octanol–water partition coefficient (Wildman–Crippen LogP) is 2.93. The van der Waals surface area contributed by atoms with E-state index in [9.17, 15) is 4.79 Å². The Bertz CT molecular complexity index is 986. The summed E-state index contributed by atoms with van der Waals surface area (Å²) < 4.78 is 7.25. The van der Waals surface area contributed by atoms with E-state index in [-0.39, 0.29) is 5.91 Å². The number of tetrazole rings is 1. The normalized spacial score (nSPS) is 12.5. The fourth-order valence-electron chi connectivity index (χ4n) is 2.42. The van der Waals surface area contributed by atoms with E-state index in [2.05, 4.69) is 26.1 Å². The summed E-state index contributed by atoms with van der Waals surface area (Å²) in [5, 5.41) is 15.8. The zero-order valence-corrected chi connectivity index (χ0v) is 16.4. The molecule has 0 radical (unpaired) electrons. The van der Waals surface area contributed by atoms with Crippen LogP contribution in [0.3, 0.4) is 0 Å². The van der Waals surface area contributed by atoms with Gasteiger partial charge in [-0.3, -0.25) is 4.79 Å². The molecule has 1 unspecified atom stereocenters. The molecule has 1 amide bonds. The number of rotatable bonds is 6. The van der Waals surface area contributed by atoms with Gasteiger partial charge in [-0.25, -0.2) is 10.1 Å². The maximum atomic E-state index is 12.3. The van der Waals surface area contributed by atoms with Gasteiger partial charge in [0.05, 0.1) is 11.4 Å². The average molecular weight is 399 g/mol. The number of carbonyl (C=O) groups excluding carboxylic acids is 1. The van der Waals surface area contributed by atoms with Crippen molar-refractivity contribution in [1.29, 1.82) is 0 Å². The van der Waals surface area contributed by atoms with Crippen LogP contribution in [-0.2, 0) is 4.79 Å². The summed E-state index contributed by atoms with van der Waals surface area (Å²) in [6.45, 7) is 5.34. The van der Waals surface area contributed by atoms with Gasteiger partial charge in [-0.05, 0) is 72.7 Å². The minimum absolute atomic E-state index is 0.348. The molecular weight excluding hydrogens is 380 g/mol. The minimum atomic E-state index is -0.710. The van der Waals surface area contributed by atoms with Gasteiger partial charge in [0.2, 0.25) is 0 Å². The highest BCUT2D eigenvalue weighted by atomic mass is 35.5. The molecule has 2 aromatic carbocycles. The molecule has 3 rings (SSSR count). The van der Waals surface area contributed by atoms with Gasteiger partial charge in [0.25, 0.3) is 5.91 Å². The van der Waals surface area contributed by atoms with Crippen LogP contribution in [-0.4, -0.2) is 37.9 Å². The third kappa shape index (κ3) is 4.72. The number of nitrogens with one attached hydrogen (secondary N) is 1. The fraction of sp³-hybridized carbons (Fsp3) is 0.211. The molecule has 0 bridgehead atoms. The molecule has 1 atom stereocenters. The Morgan fingerprint density at radius 2 is 2.00 bits per heavy atom. The molecule has 0 fully saturated rings. The monoisotopic (exact) mass is 398 g/mol. The summed E-state index contributed by atoms with van der Waals surface area (Å²) in [4.78, 5) is 12.3. The molecule has 0 spiro atoms. The summed E-state index contributed by atoms with van der Waals surface area (Å²) in [7, 11) is 0. The smallest absolute Gasteiger partial charge is 0.280 e. The van der Waals surface area contributed by atoms with Crippen LogP contribution < -0.4 is 10.2 Å². The number of carbonyl (C=O) groups is 1. The third-order valence-electron chi connectivity index (χ3n) is 4.04. The van der Waals surface area contributed by atoms with Crippen molar-refractivity contribution in [3.05, 3.63) is 64.9 Å². The van der Waals surface area contributed by atoms with E-state index < -0.39 is 6.10 Å². The number of hydrogen-bond donors (Lipinski definition) is 1. The largest absolute Gasteiger partial charge is 0.481 e. The Hall–Kier alpha value is -3.26. The first-order valence-electron chi connectivity index (χ1n) is 8.55. The first-order valence-corrected chi connectivity index (χ1v) is 8.92. The lowest BCUT2D eigenvalue weighted by atomic mass is 10.1. The highest BCUT2D eigenvalue weighted by molar-refractivity contribution is 6.30. The van der Waals surface area contributed by atoms with Crippen LogP contribution in [0.5, 0.6) is 5.75 Å². The van der Waals surface area contributed by atoms with Gasteiger partial charge in [-0.1, -0.05) is 23.7 Å². The van der Waals surface area contributed by atoms with E-state index in [4.69, 9.17) is 16.3 Å².